The van der Waals surface area contributed by atoms with Gasteiger partial charge in [-0.2, -0.15) is 0 Å². The van der Waals surface area contributed by atoms with Crippen molar-refractivity contribution < 1.29 is 37.6 Å². The van der Waals surface area contributed by atoms with Crippen molar-refractivity contribution in [2.45, 2.75) is 89.4 Å². The summed E-state index contributed by atoms with van der Waals surface area (Å²) in [5.74, 6) is -3.32. The first-order valence-electron chi connectivity index (χ1n) is 20.4. The van der Waals surface area contributed by atoms with Gasteiger partial charge in [-0.3, -0.25) is 24.1 Å². The number of anilines is 1. The molecule has 12 heteroatoms. The number of ketones is 3. The molecule has 1 unspecified atom stereocenters. The van der Waals surface area contributed by atoms with Gasteiger partial charge in [-0.05, 0) is 91.7 Å². The summed E-state index contributed by atoms with van der Waals surface area (Å²) in [6.07, 6.45) is 3.44. The smallest absolute Gasteiger partial charge is 0.265 e. The molecule has 4 aliphatic rings. The predicted octanol–water partition coefficient (Wildman–Crippen LogP) is 8.07. The van der Waals surface area contributed by atoms with Crippen LogP contribution in [0.15, 0.2) is 71.3 Å². The van der Waals surface area contributed by atoms with Gasteiger partial charge < -0.3 is 23.3 Å². The van der Waals surface area contributed by atoms with Crippen molar-refractivity contribution in [3.63, 3.8) is 0 Å². The molecule has 1 aromatic heterocycles. The van der Waals surface area contributed by atoms with Crippen LogP contribution in [0.4, 0.5) is 5.69 Å². The number of carbonyl (C=O) groups is 4. The summed E-state index contributed by atoms with van der Waals surface area (Å²) in [6.45, 7) is 12.1. The van der Waals surface area contributed by atoms with Gasteiger partial charge in [0.05, 0.1) is 23.2 Å². The minimum absolute atomic E-state index is 0.00385. The lowest BCUT2D eigenvalue weighted by molar-refractivity contribution is -0.151. The average Bonchev–Trinajstić information content (AvgIpc) is 3.88. The lowest BCUT2D eigenvalue weighted by atomic mass is 9.54. The van der Waals surface area contributed by atoms with Crippen molar-refractivity contribution in [3.8, 4) is 11.6 Å². The highest BCUT2D eigenvalue weighted by Gasteiger charge is 2.70. The molecule has 2 fully saturated rings. The number of benzene rings is 3. The number of carbonyl (C=O) groups excluding carboxylic acids is 4. The Morgan fingerprint density at radius 2 is 1.55 bits per heavy atom. The van der Waals surface area contributed by atoms with E-state index in [-0.39, 0.29) is 30.4 Å². The van der Waals surface area contributed by atoms with Crippen LogP contribution >= 0.6 is 0 Å². The van der Waals surface area contributed by atoms with Gasteiger partial charge in [-0.1, -0.05) is 81.4 Å². The molecular formula is C46H53N3O8Si. The van der Waals surface area contributed by atoms with E-state index < -0.39 is 60.1 Å². The summed E-state index contributed by atoms with van der Waals surface area (Å²) in [5.41, 5.74) is 2.06. The van der Waals surface area contributed by atoms with E-state index in [1.807, 2.05) is 92.8 Å². The van der Waals surface area contributed by atoms with Gasteiger partial charge >= 0.3 is 0 Å². The standard InChI is InChI=1S/C46H53N3O8Si/c1-45(2,3)58(6,7)57-46-33(39(48(4)5)41-37(43(46)53)44(47-56-41)55-27-29-18-12-9-13-19-29)23-30-22-32-36(40(51)35(30)42(46)52)34(54-26-28-16-10-8-11-17-28)24-31(25-50)38(32)49-20-14-15-21-49/h8-13,16-19,24-25,30,33,35,39H,14-15,20-23,26-27H2,1-7H3/t30-,33-,35?,39-,46-/m0/s1. The van der Waals surface area contributed by atoms with Crippen molar-refractivity contribution in [3.05, 3.63) is 106 Å². The first-order valence-corrected chi connectivity index (χ1v) is 23.3. The second-order valence-electron chi connectivity index (χ2n) is 18.1. The highest BCUT2D eigenvalue weighted by molar-refractivity contribution is 6.74. The Morgan fingerprint density at radius 1 is 0.931 bits per heavy atom. The minimum Gasteiger partial charge on any atom is -0.488 e. The molecule has 0 amide bonds. The zero-order valence-electron chi connectivity index (χ0n) is 34.5. The van der Waals surface area contributed by atoms with Crippen molar-refractivity contribution in [1.82, 2.24) is 10.1 Å². The summed E-state index contributed by atoms with van der Waals surface area (Å²) in [7, 11) is 0.855. The Balaban J connectivity index is 1.29. The fourth-order valence-corrected chi connectivity index (χ4v) is 11.0. The number of hydrogen-bond donors (Lipinski definition) is 0. The number of nitrogens with zero attached hydrogens (tertiary/aromatic N) is 3. The predicted molar refractivity (Wildman–Crippen MR) is 221 cm³/mol. The molecule has 0 spiro atoms. The van der Waals surface area contributed by atoms with Crippen molar-refractivity contribution in [2.24, 2.45) is 17.8 Å². The normalized spacial score (nSPS) is 24.3. The third-order valence-corrected chi connectivity index (χ3v) is 17.7. The fourth-order valence-electron chi connectivity index (χ4n) is 9.50. The van der Waals surface area contributed by atoms with E-state index in [1.165, 1.54) is 0 Å². The summed E-state index contributed by atoms with van der Waals surface area (Å²) in [5, 5.41) is 3.91. The van der Waals surface area contributed by atoms with Gasteiger partial charge in [0.1, 0.15) is 24.5 Å². The van der Waals surface area contributed by atoms with Gasteiger partial charge in [-0.25, -0.2) is 0 Å². The Hall–Kier alpha value is -4.91. The van der Waals surface area contributed by atoms with E-state index in [9.17, 15) is 4.79 Å². The van der Waals surface area contributed by atoms with Crippen LogP contribution in [0.1, 0.15) is 99.6 Å². The molecule has 0 radical (unpaired) electrons. The average molecular weight is 804 g/mol. The molecule has 8 rings (SSSR count). The first-order chi connectivity index (χ1) is 27.7. The molecule has 4 aromatic rings. The number of fused-ring (bicyclic) bond motifs is 4. The summed E-state index contributed by atoms with van der Waals surface area (Å²) >= 11 is 0. The maximum Gasteiger partial charge on any atom is 0.265 e. The Kier molecular flexibility index (Phi) is 10.3. The lowest BCUT2D eigenvalue weighted by Gasteiger charge is -2.56. The molecule has 1 saturated carbocycles. The van der Waals surface area contributed by atoms with Crippen LogP contribution in [0.5, 0.6) is 11.6 Å². The quantitative estimate of drug-likeness (QED) is 0.0830. The number of Topliss-reactive ketones (excluding diaryl/α,β-unsaturated/α-hetero) is 3. The van der Waals surface area contributed by atoms with Crippen LogP contribution in [0.3, 0.4) is 0 Å². The largest absolute Gasteiger partial charge is 0.488 e. The first kappa shape index (κ1) is 39.9. The Bertz CT molecular complexity index is 2240. The van der Waals surface area contributed by atoms with E-state index in [1.54, 1.807) is 6.07 Å². The molecule has 58 heavy (non-hydrogen) atoms. The van der Waals surface area contributed by atoms with Crippen LogP contribution < -0.4 is 14.4 Å². The van der Waals surface area contributed by atoms with Gasteiger partial charge in [0.2, 0.25) is 5.78 Å². The number of rotatable bonds is 11. The van der Waals surface area contributed by atoms with E-state index in [2.05, 4.69) is 30.8 Å². The van der Waals surface area contributed by atoms with Crippen LogP contribution in [-0.4, -0.2) is 74.8 Å². The van der Waals surface area contributed by atoms with Crippen molar-refractivity contribution in [1.29, 1.82) is 0 Å². The van der Waals surface area contributed by atoms with Gasteiger partial charge in [0.15, 0.2) is 37.5 Å². The Morgan fingerprint density at radius 3 is 2.14 bits per heavy atom. The molecule has 0 N–H and O–H groups in total. The summed E-state index contributed by atoms with van der Waals surface area (Å²) in [4.78, 5) is 64.0. The van der Waals surface area contributed by atoms with Gasteiger partial charge in [0, 0.05) is 24.6 Å². The number of ether oxygens (including phenoxy) is 2. The van der Waals surface area contributed by atoms with E-state index in [4.69, 9.17) is 18.4 Å². The number of aromatic nitrogens is 1. The molecule has 11 nitrogen and oxygen atoms in total. The summed E-state index contributed by atoms with van der Waals surface area (Å²) < 4.78 is 26.0. The maximum absolute atomic E-state index is 15.9. The topological polar surface area (TPSA) is 128 Å². The number of aldehydes is 1. The lowest BCUT2D eigenvalue weighted by Crippen LogP contribution is -2.70. The fraction of sp³-hybridized carbons (Fsp3) is 0.457. The van der Waals surface area contributed by atoms with Crippen LogP contribution in [0, 0.1) is 17.8 Å². The molecule has 5 atom stereocenters. The second-order valence-corrected chi connectivity index (χ2v) is 22.8. The molecule has 3 aromatic carbocycles. The van der Waals surface area contributed by atoms with Crippen molar-refractivity contribution >= 4 is 37.6 Å². The van der Waals surface area contributed by atoms with Crippen LogP contribution in [0.25, 0.3) is 0 Å². The highest BCUT2D eigenvalue weighted by Crippen LogP contribution is 2.59. The third kappa shape index (κ3) is 6.53. The van der Waals surface area contributed by atoms with Crippen LogP contribution in [0.2, 0.25) is 18.1 Å². The highest BCUT2D eigenvalue weighted by atomic mass is 28.4. The molecule has 0 bridgehead atoms. The van der Waals surface area contributed by atoms with Gasteiger partial charge in [0.25, 0.3) is 5.88 Å². The van der Waals surface area contributed by atoms with E-state index in [0.717, 1.165) is 54.6 Å². The van der Waals surface area contributed by atoms with Crippen molar-refractivity contribution in [2.75, 3.05) is 32.1 Å². The minimum atomic E-state index is -2.93. The van der Waals surface area contributed by atoms with E-state index in [0.29, 0.717) is 29.7 Å². The van der Waals surface area contributed by atoms with E-state index >= 15 is 14.4 Å². The molecule has 304 valence electrons. The molecule has 3 aliphatic carbocycles. The second kappa shape index (κ2) is 15.0. The molecule has 1 saturated heterocycles. The van der Waals surface area contributed by atoms with Crippen LogP contribution in [-0.2, 0) is 28.9 Å². The molecular weight excluding hydrogens is 751 g/mol. The zero-order chi connectivity index (χ0) is 41.1. The zero-order valence-corrected chi connectivity index (χ0v) is 35.5. The SMILES string of the molecule is CN(C)[C@@H]1c2onc(OCc3ccccc3)c2C(=O)[C@@]2(O[Si](C)(C)C(C)(C)C)C(=O)C3C(=O)c4c(OCc5ccccc5)cc(C=O)c(N5CCCC5)c4C[C@H]3C[C@@H]12. The number of hydrogen-bond acceptors (Lipinski definition) is 11. The molecule has 1 aliphatic heterocycles. The Labute approximate surface area is 341 Å². The molecule has 2 heterocycles. The van der Waals surface area contributed by atoms with Gasteiger partial charge in [-0.15, -0.1) is 0 Å². The summed E-state index contributed by atoms with van der Waals surface area (Å²) in [6, 6.07) is 20.2. The monoisotopic (exact) mass is 803 g/mol. The maximum atomic E-state index is 15.9. The third-order valence-electron chi connectivity index (χ3n) is 13.3.